The summed E-state index contributed by atoms with van der Waals surface area (Å²) in [5.74, 6) is 0. The van der Waals surface area contributed by atoms with Gasteiger partial charge in [-0.2, -0.15) is 0 Å². The van der Waals surface area contributed by atoms with Crippen LogP contribution in [0.5, 0.6) is 0 Å². The van der Waals surface area contributed by atoms with Gasteiger partial charge in [0.2, 0.25) is 0 Å². The fourth-order valence-corrected chi connectivity index (χ4v) is 4.30. The van der Waals surface area contributed by atoms with Gasteiger partial charge in [-0.3, -0.25) is 4.90 Å². The van der Waals surface area contributed by atoms with Crippen LogP contribution in [-0.2, 0) is 12.8 Å². The molecule has 6 heteroatoms. The second-order valence-electron chi connectivity index (χ2n) is 7.65. The number of rotatable bonds is 2. The monoisotopic (exact) mass is 344 g/mol. The molecule has 25 heavy (non-hydrogen) atoms. The SMILES string of the molecule is CN1CCN([C@H]2CN(C(=O)Nc3ccc4c(c3)CCC4)C[C@@H]2O)CC1. The van der Waals surface area contributed by atoms with Gasteiger partial charge in [-0.25, -0.2) is 4.79 Å². The average molecular weight is 344 g/mol. The van der Waals surface area contributed by atoms with E-state index in [9.17, 15) is 9.90 Å². The first-order valence-electron chi connectivity index (χ1n) is 9.38. The van der Waals surface area contributed by atoms with Crippen LogP contribution in [0, 0.1) is 0 Å². The van der Waals surface area contributed by atoms with E-state index in [0.29, 0.717) is 13.1 Å². The van der Waals surface area contributed by atoms with E-state index in [1.165, 1.54) is 17.5 Å². The number of likely N-dealkylation sites (N-methyl/N-ethyl adjacent to an activating group) is 1. The van der Waals surface area contributed by atoms with Crippen LogP contribution in [0.15, 0.2) is 18.2 Å². The van der Waals surface area contributed by atoms with Gasteiger partial charge in [0.25, 0.3) is 0 Å². The molecule has 1 aromatic rings. The summed E-state index contributed by atoms with van der Waals surface area (Å²) in [6.45, 7) is 4.96. The second-order valence-corrected chi connectivity index (χ2v) is 7.65. The van der Waals surface area contributed by atoms with Crippen LogP contribution < -0.4 is 5.32 Å². The summed E-state index contributed by atoms with van der Waals surface area (Å²) in [5, 5.41) is 13.5. The Morgan fingerprint density at radius 3 is 2.68 bits per heavy atom. The molecule has 2 fully saturated rings. The van der Waals surface area contributed by atoms with E-state index in [-0.39, 0.29) is 12.1 Å². The molecule has 0 bridgehead atoms. The molecule has 0 spiro atoms. The Morgan fingerprint density at radius 1 is 1.12 bits per heavy atom. The number of benzene rings is 1. The van der Waals surface area contributed by atoms with Crippen LogP contribution in [0.1, 0.15) is 17.5 Å². The van der Waals surface area contributed by atoms with Crippen molar-refractivity contribution in [2.45, 2.75) is 31.4 Å². The number of hydrogen-bond donors (Lipinski definition) is 2. The van der Waals surface area contributed by atoms with Crippen molar-refractivity contribution in [1.82, 2.24) is 14.7 Å². The summed E-state index contributed by atoms with van der Waals surface area (Å²) in [5.41, 5.74) is 3.63. The number of piperazine rings is 1. The number of aliphatic hydroxyl groups excluding tert-OH is 1. The minimum Gasteiger partial charge on any atom is -0.390 e. The molecule has 0 radical (unpaired) electrons. The van der Waals surface area contributed by atoms with Crippen molar-refractivity contribution in [1.29, 1.82) is 0 Å². The number of urea groups is 1. The molecule has 4 rings (SSSR count). The lowest BCUT2D eigenvalue weighted by atomic mass is 10.1. The fraction of sp³-hybridized carbons (Fsp3) is 0.632. The molecule has 0 aromatic heterocycles. The standard InChI is InChI=1S/C19H28N4O2/c1-21-7-9-22(10-8-21)17-12-23(13-18(17)24)19(25)20-16-6-5-14-3-2-4-15(14)11-16/h5-6,11,17-18,24H,2-4,7-10,12-13H2,1H3,(H,20,25)/t17-,18-/m0/s1. The highest BCUT2D eigenvalue weighted by atomic mass is 16.3. The molecule has 3 aliphatic rings. The zero-order valence-electron chi connectivity index (χ0n) is 14.9. The van der Waals surface area contributed by atoms with Crippen molar-refractivity contribution in [3.05, 3.63) is 29.3 Å². The lowest BCUT2D eigenvalue weighted by molar-refractivity contribution is 0.0512. The Labute approximate surface area is 149 Å². The van der Waals surface area contributed by atoms with Crippen molar-refractivity contribution in [2.24, 2.45) is 0 Å². The third-order valence-electron chi connectivity index (χ3n) is 5.90. The van der Waals surface area contributed by atoms with Gasteiger partial charge in [0.05, 0.1) is 18.7 Å². The molecule has 2 saturated heterocycles. The van der Waals surface area contributed by atoms with E-state index in [2.05, 4.69) is 34.3 Å². The van der Waals surface area contributed by atoms with Crippen LogP contribution in [0.4, 0.5) is 10.5 Å². The average Bonchev–Trinajstić information content (AvgIpc) is 3.22. The number of carbonyl (C=O) groups is 1. The van der Waals surface area contributed by atoms with Gasteiger partial charge in [-0.05, 0) is 49.6 Å². The summed E-state index contributed by atoms with van der Waals surface area (Å²) in [4.78, 5) is 19.0. The van der Waals surface area contributed by atoms with Crippen LogP contribution in [0.2, 0.25) is 0 Å². The minimum absolute atomic E-state index is 0.0551. The predicted molar refractivity (Wildman–Crippen MR) is 97.9 cm³/mol. The number of carbonyl (C=O) groups excluding carboxylic acids is 1. The van der Waals surface area contributed by atoms with Gasteiger partial charge in [-0.15, -0.1) is 0 Å². The zero-order valence-corrected chi connectivity index (χ0v) is 14.9. The molecule has 2 aliphatic heterocycles. The molecular weight excluding hydrogens is 316 g/mol. The van der Waals surface area contributed by atoms with Crippen molar-refractivity contribution < 1.29 is 9.90 Å². The summed E-state index contributed by atoms with van der Waals surface area (Å²) in [7, 11) is 2.12. The lowest BCUT2D eigenvalue weighted by Crippen LogP contribution is -2.52. The van der Waals surface area contributed by atoms with Gasteiger partial charge in [0.15, 0.2) is 0 Å². The summed E-state index contributed by atoms with van der Waals surface area (Å²) in [6.07, 6.45) is 2.99. The summed E-state index contributed by atoms with van der Waals surface area (Å²) >= 11 is 0. The number of anilines is 1. The van der Waals surface area contributed by atoms with Crippen molar-refractivity contribution >= 4 is 11.7 Å². The molecule has 0 saturated carbocycles. The van der Waals surface area contributed by atoms with Crippen molar-refractivity contribution in [3.8, 4) is 0 Å². The number of β-amino-alcohol motifs (C(OH)–C–C–N with tert-alkyl or cyclic N) is 1. The highest BCUT2D eigenvalue weighted by Crippen LogP contribution is 2.25. The van der Waals surface area contributed by atoms with E-state index in [4.69, 9.17) is 0 Å². The predicted octanol–water partition coefficient (Wildman–Crippen LogP) is 1.000. The smallest absolute Gasteiger partial charge is 0.321 e. The zero-order chi connectivity index (χ0) is 17.4. The Morgan fingerprint density at radius 2 is 1.88 bits per heavy atom. The molecule has 136 valence electrons. The first-order chi connectivity index (χ1) is 12.1. The number of aliphatic hydroxyl groups is 1. The van der Waals surface area contributed by atoms with Gasteiger partial charge in [-0.1, -0.05) is 6.07 Å². The highest BCUT2D eigenvalue weighted by Gasteiger charge is 2.38. The number of nitrogens with zero attached hydrogens (tertiary/aromatic N) is 3. The number of hydrogen-bond acceptors (Lipinski definition) is 4. The van der Waals surface area contributed by atoms with Crippen LogP contribution in [0.25, 0.3) is 0 Å². The maximum Gasteiger partial charge on any atom is 0.321 e. The first kappa shape index (κ1) is 16.8. The molecule has 0 unspecified atom stereocenters. The normalized spacial score (nSPS) is 27.5. The van der Waals surface area contributed by atoms with E-state index < -0.39 is 6.10 Å². The number of amides is 2. The second kappa shape index (κ2) is 6.94. The minimum atomic E-state index is -0.464. The summed E-state index contributed by atoms with van der Waals surface area (Å²) in [6, 6.07) is 6.18. The van der Waals surface area contributed by atoms with Crippen LogP contribution >= 0.6 is 0 Å². The quantitative estimate of drug-likeness (QED) is 0.840. The third kappa shape index (κ3) is 3.52. The number of fused-ring (bicyclic) bond motifs is 1. The van der Waals surface area contributed by atoms with E-state index in [1.807, 2.05) is 6.07 Å². The number of aryl methyl sites for hydroxylation is 2. The van der Waals surface area contributed by atoms with Gasteiger partial charge in [0.1, 0.15) is 0 Å². The largest absolute Gasteiger partial charge is 0.390 e. The lowest BCUT2D eigenvalue weighted by Gasteiger charge is -2.37. The molecule has 1 aliphatic carbocycles. The third-order valence-corrected chi connectivity index (χ3v) is 5.90. The first-order valence-corrected chi connectivity index (χ1v) is 9.38. The maximum atomic E-state index is 12.6. The van der Waals surface area contributed by atoms with E-state index in [1.54, 1.807) is 4.90 Å². The van der Waals surface area contributed by atoms with Crippen molar-refractivity contribution in [3.63, 3.8) is 0 Å². The van der Waals surface area contributed by atoms with E-state index >= 15 is 0 Å². The Kier molecular flexibility index (Phi) is 4.67. The summed E-state index contributed by atoms with van der Waals surface area (Å²) < 4.78 is 0. The molecular formula is C19H28N4O2. The fourth-order valence-electron chi connectivity index (χ4n) is 4.30. The topological polar surface area (TPSA) is 59.0 Å². The van der Waals surface area contributed by atoms with Gasteiger partial charge in [0, 0.05) is 38.4 Å². The van der Waals surface area contributed by atoms with Crippen molar-refractivity contribution in [2.75, 3.05) is 51.6 Å². The van der Waals surface area contributed by atoms with Crippen LogP contribution in [-0.4, -0.2) is 84.3 Å². The molecule has 2 heterocycles. The Balaban J connectivity index is 1.36. The Bertz CT molecular complexity index is 642. The maximum absolute atomic E-state index is 12.6. The highest BCUT2D eigenvalue weighted by molar-refractivity contribution is 5.89. The molecule has 2 atom stereocenters. The van der Waals surface area contributed by atoms with Crippen LogP contribution in [0.3, 0.4) is 0 Å². The van der Waals surface area contributed by atoms with E-state index in [0.717, 1.165) is 44.7 Å². The molecule has 6 nitrogen and oxygen atoms in total. The molecule has 2 amide bonds. The van der Waals surface area contributed by atoms with Gasteiger partial charge < -0.3 is 20.2 Å². The number of nitrogens with one attached hydrogen (secondary N) is 1. The molecule has 2 N–H and O–H groups in total. The van der Waals surface area contributed by atoms with Gasteiger partial charge >= 0.3 is 6.03 Å². The molecule has 1 aromatic carbocycles. The Hall–Kier alpha value is -1.63. The number of likely N-dealkylation sites (tertiary alicyclic amines) is 1.